The van der Waals surface area contributed by atoms with E-state index in [-0.39, 0.29) is 5.91 Å². The van der Waals surface area contributed by atoms with E-state index in [1.54, 1.807) is 12.1 Å². The van der Waals surface area contributed by atoms with Crippen LogP contribution in [0.4, 0.5) is 11.4 Å². The highest BCUT2D eigenvalue weighted by Crippen LogP contribution is 2.32. The van der Waals surface area contributed by atoms with Crippen molar-refractivity contribution < 1.29 is 4.79 Å². The molecule has 0 atom stereocenters. The molecular weight excluding hydrogens is 354 g/mol. The van der Waals surface area contributed by atoms with E-state index in [2.05, 4.69) is 26.6 Å². The van der Waals surface area contributed by atoms with Gasteiger partial charge in [0.2, 0.25) is 0 Å². The van der Waals surface area contributed by atoms with Crippen LogP contribution in [-0.4, -0.2) is 17.4 Å². The molecule has 1 aliphatic heterocycles. The number of hydrogen-bond donors (Lipinski definition) is 1. The summed E-state index contributed by atoms with van der Waals surface area (Å²) >= 11 is 7.70. The van der Waals surface area contributed by atoms with Crippen LogP contribution in [0, 0.1) is 0 Å². The summed E-state index contributed by atoms with van der Waals surface area (Å²) in [5.41, 5.74) is 3.71. The predicted octanol–water partition coefficient (Wildman–Crippen LogP) is 4.61. The maximum absolute atomic E-state index is 12.5. The fourth-order valence-corrected chi connectivity index (χ4v) is 4.11. The van der Waals surface area contributed by atoms with Gasteiger partial charge in [0.1, 0.15) is 5.15 Å². The average Bonchev–Trinajstić information content (AvgIpc) is 3.10. The van der Waals surface area contributed by atoms with E-state index in [0.29, 0.717) is 10.7 Å². The number of rotatable bonds is 3. The largest absolute Gasteiger partial charge is 0.365 e. The van der Waals surface area contributed by atoms with Crippen LogP contribution in [0.25, 0.3) is 0 Å². The van der Waals surface area contributed by atoms with E-state index in [9.17, 15) is 4.79 Å². The minimum atomic E-state index is -0.190. The third-order valence-corrected chi connectivity index (χ3v) is 5.52. The van der Waals surface area contributed by atoms with Crippen molar-refractivity contribution in [3.8, 4) is 0 Å². The standard InChI is InChI=1S/C19H16ClN3OS/c20-18-11-13(5-8-21-18)19(24)22-15-3-1-2-4-16(15)23-9-6-17-14(12-23)7-10-25-17/h1-5,7-8,10-11H,6,9,12H2,(H,22,24). The summed E-state index contributed by atoms with van der Waals surface area (Å²) in [6.07, 6.45) is 2.57. The van der Waals surface area contributed by atoms with Gasteiger partial charge in [-0.15, -0.1) is 11.3 Å². The number of amides is 1. The number of para-hydroxylation sites is 2. The van der Waals surface area contributed by atoms with Crippen molar-refractivity contribution in [2.45, 2.75) is 13.0 Å². The molecule has 1 amide bonds. The van der Waals surface area contributed by atoms with Gasteiger partial charge in [0.05, 0.1) is 11.4 Å². The fourth-order valence-electron chi connectivity index (χ4n) is 3.05. The number of halogens is 1. The van der Waals surface area contributed by atoms with E-state index >= 15 is 0 Å². The van der Waals surface area contributed by atoms with Gasteiger partial charge >= 0.3 is 0 Å². The lowest BCUT2D eigenvalue weighted by atomic mass is 10.1. The molecule has 3 aromatic rings. The molecule has 0 spiro atoms. The molecule has 1 aromatic carbocycles. The Kier molecular flexibility index (Phi) is 4.42. The zero-order chi connectivity index (χ0) is 17.2. The Labute approximate surface area is 155 Å². The molecule has 0 saturated heterocycles. The molecule has 2 aromatic heterocycles. The van der Waals surface area contributed by atoms with Gasteiger partial charge in [-0.3, -0.25) is 4.79 Å². The molecular formula is C19H16ClN3OS. The van der Waals surface area contributed by atoms with Crippen LogP contribution < -0.4 is 10.2 Å². The zero-order valence-corrected chi connectivity index (χ0v) is 15.0. The maximum atomic E-state index is 12.5. The van der Waals surface area contributed by atoms with Crippen molar-refractivity contribution in [1.82, 2.24) is 4.98 Å². The van der Waals surface area contributed by atoms with Gasteiger partial charge in [0.25, 0.3) is 5.91 Å². The molecule has 0 saturated carbocycles. The number of fused-ring (bicyclic) bond motifs is 1. The second-order valence-corrected chi connectivity index (χ2v) is 7.27. The lowest BCUT2D eigenvalue weighted by Gasteiger charge is -2.30. The van der Waals surface area contributed by atoms with Crippen molar-refractivity contribution in [1.29, 1.82) is 0 Å². The van der Waals surface area contributed by atoms with Crippen molar-refractivity contribution in [2.75, 3.05) is 16.8 Å². The van der Waals surface area contributed by atoms with Crippen LogP contribution >= 0.6 is 22.9 Å². The first-order valence-corrected chi connectivity index (χ1v) is 9.28. The van der Waals surface area contributed by atoms with Crippen molar-refractivity contribution in [3.05, 3.63) is 75.2 Å². The number of nitrogens with zero attached hydrogens (tertiary/aromatic N) is 2. The van der Waals surface area contributed by atoms with Gasteiger partial charge in [-0.2, -0.15) is 0 Å². The van der Waals surface area contributed by atoms with Gasteiger partial charge < -0.3 is 10.2 Å². The Morgan fingerprint density at radius 2 is 2.12 bits per heavy atom. The number of carbonyl (C=O) groups is 1. The second-order valence-electron chi connectivity index (χ2n) is 5.88. The molecule has 0 fully saturated rings. The Hall–Kier alpha value is -2.37. The van der Waals surface area contributed by atoms with Crippen LogP contribution in [0.3, 0.4) is 0 Å². The highest BCUT2D eigenvalue weighted by molar-refractivity contribution is 7.10. The quantitative estimate of drug-likeness (QED) is 0.685. The van der Waals surface area contributed by atoms with E-state index in [0.717, 1.165) is 30.9 Å². The molecule has 1 aliphatic rings. The molecule has 0 unspecified atom stereocenters. The molecule has 4 rings (SSSR count). The van der Waals surface area contributed by atoms with Crippen LogP contribution in [0.2, 0.25) is 5.15 Å². The van der Waals surface area contributed by atoms with Crippen LogP contribution in [0.5, 0.6) is 0 Å². The van der Waals surface area contributed by atoms with E-state index in [1.807, 2.05) is 35.6 Å². The van der Waals surface area contributed by atoms with Gasteiger partial charge in [0, 0.05) is 29.7 Å². The highest BCUT2D eigenvalue weighted by atomic mass is 35.5. The van der Waals surface area contributed by atoms with Crippen LogP contribution in [0.15, 0.2) is 54.0 Å². The Balaban J connectivity index is 1.58. The molecule has 6 heteroatoms. The summed E-state index contributed by atoms with van der Waals surface area (Å²) in [6.45, 7) is 1.81. The number of anilines is 2. The van der Waals surface area contributed by atoms with E-state index < -0.39 is 0 Å². The van der Waals surface area contributed by atoms with Gasteiger partial charge in [-0.1, -0.05) is 23.7 Å². The Morgan fingerprint density at radius 1 is 1.24 bits per heavy atom. The molecule has 0 radical (unpaired) electrons. The molecule has 3 heterocycles. The third kappa shape index (κ3) is 3.38. The van der Waals surface area contributed by atoms with Gasteiger partial charge in [-0.25, -0.2) is 4.98 Å². The number of benzene rings is 1. The number of hydrogen-bond acceptors (Lipinski definition) is 4. The van der Waals surface area contributed by atoms with E-state index in [4.69, 9.17) is 11.6 Å². The van der Waals surface area contributed by atoms with Crippen LogP contribution in [-0.2, 0) is 13.0 Å². The molecule has 126 valence electrons. The topological polar surface area (TPSA) is 45.2 Å². The highest BCUT2D eigenvalue weighted by Gasteiger charge is 2.20. The normalized spacial score (nSPS) is 13.4. The third-order valence-electron chi connectivity index (χ3n) is 4.29. The first kappa shape index (κ1) is 16.1. The molecule has 4 nitrogen and oxygen atoms in total. The summed E-state index contributed by atoms with van der Waals surface area (Å²) < 4.78 is 0. The smallest absolute Gasteiger partial charge is 0.255 e. The number of thiophene rings is 1. The Morgan fingerprint density at radius 3 is 3.00 bits per heavy atom. The lowest BCUT2D eigenvalue weighted by Crippen LogP contribution is -2.30. The summed E-state index contributed by atoms with van der Waals surface area (Å²) in [5.74, 6) is -0.190. The van der Waals surface area contributed by atoms with Crippen molar-refractivity contribution in [2.24, 2.45) is 0 Å². The SMILES string of the molecule is O=C(Nc1ccccc1N1CCc2sccc2C1)c1ccnc(Cl)c1. The average molecular weight is 370 g/mol. The Bertz CT molecular complexity index is 924. The monoisotopic (exact) mass is 369 g/mol. The summed E-state index contributed by atoms with van der Waals surface area (Å²) in [4.78, 5) is 20.2. The fraction of sp³-hybridized carbons (Fsp3) is 0.158. The van der Waals surface area contributed by atoms with Crippen molar-refractivity contribution in [3.63, 3.8) is 0 Å². The first-order chi connectivity index (χ1) is 12.2. The van der Waals surface area contributed by atoms with Gasteiger partial charge in [0.15, 0.2) is 0 Å². The number of nitrogens with one attached hydrogen (secondary N) is 1. The number of pyridine rings is 1. The lowest BCUT2D eigenvalue weighted by molar-refractivity contribution is 0.102. The minimum Gasteiger partial charge on any atom is -0.365 e. The maximum Gasteiger partial charge on any atom is 0.255 e. The van der Waals surface area contributed by atoms with Gasteiger partial charge in [-0.05, 0) is 47.7 Å². The van der Waals surface area contributed by atoms with Crippen molar-refractivity contribution >= 4 is 40.2 Å². The summed E-state index contributed by atoms with van der Waals surface area (Å²) in [7, 11) is 0. The van der Waals surface area contributed by atoms with Crippen LogP contribution in [0.1, 0.15) is 20.8 Å². The number of carbonyl (C=O) groups excluding carboxylic acids is 1. The predicted molar refractivity (Wildman–Crippen MR) is 103 cm³/mol. The number of aromatic nitrogens is 1. The molecule has 0 bridgehead atoms. The molecule has 0 aliphatic carbocycles. The van der Waals surface area contributed by atoms with E-state index in [1.165, 1.54) is 16.6 Å². The second kappa shape index (κ2) is 6.86. The summed E-state index contributed by atoms with van der Waals surface area (Å²) in [6, 6.07) is 13.3. The zero-order valence-electron chi connectivity index (χ0n) is 13.4. The summed E-state index contributed by atoms with van der Waals surface area (Å²) in [5, 5.41) is 5.46. The molecule has 25 heavy (non-hydrogen) atoms. The minimum absolute atomic E-state index is 0.190. The molecule has 1 N–H and O–H groups in total. The first-order valence-electron chi connectivity index (χ1n) is 8.03.